The van der Waals surface area contributed by atoms with Crippen molar-refractivity contribution in [2.45, 2.75) is 25.4 Å². The highest BCUT2D eigenvalue weighted by Crippen LogP contribution is 2.49. The maximum atomic E-state index is 12.5. The van der Waals surface area contributed by atoms with Gasteiger partial charge in [-0.3, -0.25) is 24.2 Å². The van der Waals surface area contributed by atoms with Crippen LogP contribution in [-0.4, -0.2) is 59.8 Å². The van der Waals surface area contributed by atoms with E-state index in [1.807, 2.05) is 43.4 Å². The minimum absolute atomic E-state index is 0.0565. The molecule has 0 saturated heterocycles. The zero-order valence-corrected chi connectivity index (χ0v) is 20.2. The Morgan fingerprint density at radius 1 is 1.25 bits per heavy atom. The number of aromatic nitrogens is 2. The van der Waals surface area contributed by atoms with Crippen LogP contribution in [0.3, 0.4) is 0 Å². The zero-order chi connectivity index (χ0) is 25.2. The minimum Gasteiger partial charge on any atom is -0.494 e. The molecule has 0 bridgehead atoms. The van der Waals surface area contributed by atoms with E-state index in [2.05, 4.69) is 14.9 Å². The molecule has 0 amide bonds. The van der Waals surface area contributed by atoms with Crippen molar-refractivity contribution < 1.29 is 19.3 Å². The molecule has 0 fully saturated rings. The molecule has 1 aromatic heterocycles. The number of rotatable bonds is 7. The molecule has 2 aromatic carbocycles. The van der Waals surface area contributed by atoms with Gasteiger partial charge in [-0.2, -0.15) is 0 Å². The predicted molar refractivity (Wildman–Crippen MR) is 134 cm³/mol. The lowest BCUT2D eigenvalue weighted by molar-refractivity contribution is 0.170. The van der Waals surface area contributed by atoms with Gasteiger partial charge in [-0.25, -0.2) is 4.79 Å². The first-order valence-electron chi connectivity index (χ1n) is 11.8. The minimum atomic E-state index is -0.685. The second kappa shape index (κ2) is 9.90. The molecular formula is C26H28N4O6. The number of aromatic hydroxyl groups is 1. The van der Waals surface area contributed by atoms with E-state index < -0.39 is 17.1 Å². The number of H-pyrrole nitrogens is 1. The summed E-state index contributed by atoms with van der Waals surface area (Å²) in [6, 6.07) is 11.5. The van der Waals surface area contributed by atoms with Crippen LogP contribution in [0.4, 0.5) is 0 Å². The number of aryl methyl sites for hydroxylation is 1. The summed E-state index contributed by atoms with van der Waals surface area (Å²) in [7, 11) is 3.60. The first-order chi connectivity index (χ1) is 17.5. The van der Waals surface area contributed by atoms with E-state index in [1.165, 1.54) is 6.21 Å². The molecule has 0 radical (unpaired) electrons. The summed E-state index contributed by atoms with van der Waals surface area (Å²) < 4.78 is 18.1. The van der Waals surface area contributed by atoms with Gasteiger partial charge in [0.2, 0.25) is 18.4 Å². The number of ether oxygens (including phenoxy) is 3. The smallest absolute Gasteiger partial charge is 0.331 e. The Morgan fingerprint density at radius 3 is 2.83 bits per heavy atom. The van der Waals surface area contributed by atoms with Gasteiger partial charge in [-0.15, -0.1) is 0 Å². The van der Waals surface area contributed by atoms with Gasteiger partial charge in [0.15, 0.2) is 11.5 Å². The molecule has 3 heterocycles. The molecule has 2 aliphatic rings. The van der Waals surface area contributed by atoms with Gasteiger partial charge in [-0.05, 0) is 37.1 Å². The van der Waals surface area contributed by atoms with Gasteiger partial charge >= 0.3 is 5.69 Å². The first kappa shape index (κ1) is 23.7. The molecule has 188 valence electrons. The monoisotopic (exact) mass is 492 g/mol. The quantitative estimate of drug-likeness (QED) is 0.484. The number of likely N-dealkylation sites (N-methyl/N-ethyl adjacent to an activating group) is 1. The fraction of sp³-hybridized carbons (Fsp3) is 0.346. The maximum Gasteiger partial charge on any atom is 0.331 e. The van der Waals surface area contributed by atoms with Gasteiger partial charge in [-0.1, -0.05) is 30.3 Å². The Bertz CT molecular complexity index is 1410. The lowest BCUT2D eigenvalue weighted by Gasteiger charge is -2.35. The summed E-state index contributed by atoms with van der Waals surface area (Å²) in [4.78, 5) is 33.8. The SMILES string of the molecule is COc1c2c(cc3c1C(CN=Cc1c(O)n(CCc4ccccc4)c(=O)[nH]c1=O)N(C)CC3)OCO2. The van der Waals surface area contributed by atoms with Crippen molar-refractivity contribution in [1.82, 2.24) is 14.5 Å². The van der Waals surface area contributed by atoms with Crippen molar-refractivity contribution in [2.75, 3.05) is 34.0 Å². The third-order valence-electron chi connectivity index (χ3n) is 6.72. The number of methoxy groups -OCH3 is 1. The van der Waals surface area contributed by atoms with Crippen LogP contribution in [0, 0.1) is 0 Å². The molecule has 2 N–H and O–H groups in total. The molecule has 0 aliphatic carbocycles. The van der Waals surface area contributed by atoms with Crippen LogP contribution in [0.2, 0.25) is 0 Å². The lowest BCUT2D eigenvalue weighted by Crippen LogP contribution is -2.34. The van der Waals surface area contributed by atoms with Crippen molar-refractivity contribution in [2.24, 2.45) is 4.99 Å². The topological polar surface area (TPSA) is 118 Å². The van der Waals surface area contributed by atoms with Crippen LogP contribution >= 0.6 is 0 Å². The number of fused-ring (bicyclic) bond motifs is 2. The molecule has 36 heavy (non-hydrogen) atoms. The molecule has 5 rings (SSSR count). The van der Waals surface area contributed by atoms with E-state index in [0.29, 0.717) is 30.2 Å². The number of nitrogens with one attached hydrogen (secondary N) is 1. The van der Waals surface area contributed by atoms with Crippen molar-refractivity contribution >= 4 is 6.21 Å². The Hall–Kier alpha value is -4.05. The highest BCUT2D eigenvalue weighted by molar-refractivity contribution is 5.81. The predicted octanol–water partition coefficient (Wildman–Crippen LogP) is 1.87. The van der Waals surface area contributed by atoms with Crippen LogP contribution < -0.4 is 25.5 Å². The summed E-state index contributed by atoms with van der Waals surface area (Å²) in [6.07, 6.45) is 2.68. The molecule has 0 spiro atoms. The lowest BCUT2D eigenvalue weighted by atomic mass is 9.91. The van der Waals surface area contributed by atoms with Crippen molar-refractivity contribution in [1.29, 1.82) is 0 Å². The van der Waals surface area contributed by atoms with Gasteiger partial charge < -0.3 is 19.3 Å². The molecule has 0 saturated carbocycles. The Kier molecular flexibility index (Phi) is 6.51. The summed E-state index contributed by atoms with van der Waals surface area (Å²) in [5, 5.41) is 10.8. The van der Waals surface area contributed by atoms with Gasteiger partial charge in [0, 0.05) is 24.9 Å². The molecule has 1 unspecified atom stereocenters. The highest BCUT2D eigenvalue weighted by Gasteiger charge is 2.33. The van der Waals surface area contributed by atoms with Gasteiger partial charge in [0.25, 0.3) is 5.56 Å². The molecule has 1 atom stereocenters. The Labute approximate surface area is 207 Å². The van der Waals surface area contributed by atoms with E-state index in [4.69, 9.17) is 14.2 Å². The second-order valence-electron chi connectivity index (χ2n) is 8.84. The van der Waals surface area contributed by atoms with Crippen molar-refractivity contribution in [3.8, 4) is 23.1 Å². The Balaban J connectivity index is 1.42. The van der Waals surface area contributed by atoms with Crippen molar-refractivity contribution in [3.05, 3.63) is 79.5 Å². The summed E-state index contributed by atoms with van der Waals surface area (Å²) in [5.74, 6) is 1.48. The fourth-order valence-corrected chi connectivity index (χ4v) is 4.78. The van der Waals surface area contributed by atoms with Gasteiger partial charge in [0.05, 0.1) is 19.7 Å². The maximum absolute atomic E-state index is 12.5. The van der Waals surface area contributed by atoms with Crippen LogP contribution in [0.1, 0.15) is 28.3 Å². The third-order valence-corrected chi connectivity index (χ3v) is 6.72. The molecular weight excluding hydrogens is 464 g/mol. The van der Waals surface area contributed by atoms with Crippen LogP contribution in [0.5, 0.6) is 23.1 Å². The van der Waals surface area contributed by atoms with E-state index in [0.717, 1.165) is 34.2 Å². The normalized spacial score (nSPS) is 16.9. The average Bonchev–Trinajstić information content (AvgIpc) is 3.34. The number of aliphatic imine (C=N–C) groups is 1. The number of benzene rings is 2. The number of nitrogens with zero attached hydrogens (tertiary/aromatic N) is 3. The van der Waals surface area contributed by atoms with E-state index >= 15 is 0 Å². The van der Waals surface area contributed by atoms with E-state index in [-0.39, 0.29) is 24.9 Å². The third kappa shape index (κ3) is 4.35. The summed E-state index contributed by atoms with van der Waals surface area (Å²) >= 11 is 0. The fourth-order valence-electron chi connectivity index (χ4n) is 4.78. The molecule has 10 heteroatoms. The summed E-state index contributed by atoms with van der Waals surface area (Å²) in [6.45, 7) is 1.48. The number of hydrogen-bond acceptors (Lipinski definition) is 8. The summed E-state index contributed by atoms with van der Waals surface area (Å²) in [5.41, 5.74) is 1.68. The number of hydrogen-bond donors (Lipinski definition) is 2. The van der Waals surface area contributed by atoms with Gasteiger partial charge in [0.1, 0.15) is 5.56 Å². The largest absolute Gasteiger partial charge is 0.494 e. The second-order valence-corrected chi connectivity index (χ2v) is 8.84. The highest BCUT2D eigenvalue weighted by atomic mass is 16.7. The molecule has 10 nitrogen and oxygen atoms in total. The first-order valence-corrected chi connectivity index (χ1v) is 11.8. The Morgan fingerprint density at radius 2 is 2.06 bits per heavy atom. The molecule has 2 aliphatic heterocycles. The van der Waals surface area contributed by atoms with Crippen molar-refractivity contribution in [3.63, 3.8) is 0 Å². The van der Waals surface area contributed by atoms with Crippen LogP contribution in [0.25, 0.3) is 0 Å². The van der Waals surface area contributed by atoms with E-state index in [1.54, 1.807) is 7.11 Å². The zero-order valence-electron chi connectivity index (χ0n) is 20.2. The average molecular weight is 493 g/mol. The number of aromatic amines is 1. The van der Waals surface area contributed by atoms with Crippen LogP contribution in [0.15, 0.2) is 51.0 Å². The molecule has 3 aromatic rings. The standard InChI is InChI=1S/C26H28N4O6/c1-29-10-9-17-12-20-22(36-15-35-20)23(34-2)21(17)19(29)14-27-13-18-24(31)28-26(33)30(25(18)32)11-8-16-6-4-3-5-7-16/h3-7,12-13,19,32H,8-11,14-15H2,1-2H3,(H,28,31,33). The van der Waals surface area contributed by atoms with E-state index in [9.17, 15) is 14.7 Å². The van der Waals surface area contributed by atoms with Crippen LogP contribution in [-0.2, 0) is 19.4 Å².